The van der Waals surface area contributed by atoms with E-state index >= 15 is 0 Å². The number of rotatable bonds is 16. The van der Waals surface area contributed by atoms with Crippen molar-refractivity contribution in [3.8, 4) is 0 Å². The fourth-order valence-electron chi connectivity index (χ4n) is 7.91. The van der Waals surface area contributed by atoms with E-state index in [0.717, 1.165) is 22.7 Å². The van der Waals surface area contributed by atoms with Crippen molar-refractivity contribution in [2.75, 3.05) is 78.5 Å². The smallest absolute Gasteiger partial charge is 0.350 e. The van der Waals surface area contributed by atoms with Gasteiger partial charge in [0, 0.05) is 36.9 Å². The molecule has 0 aliphatic carbocycles. The Morgan fingerprint density at radius 1 is 0.609 bits per heavy atom. The van der Waals surface area contributed by atoms with Gasteiger partial charge in [0.05, 0.1) is 41.2 Å². The number of methoxy groups -OCH3 is 1. The fourth-order valence-corrected chi connectivity index (χ4v) is 10.8. The molecule has 0 bridgehead atoms. The highest BCUT2D eigenvalue weighted by Crippen LogP contribution is 2.35. The van der Waals surface area contributed by atoms with Crippen molar-refractivity contribution in [2.45, 2.75) is 36.8 Å². The number of likely N-dealkylation sites (N-methyl/N-ethyl adjacent to an activating group) is 2. The van der Waals surface area contributed by atoms with Crippen LogP contribution >= 0.6 is 45.3 Å². The molecule has 11 N–H and O–H groups in total. The first kappa shape index (κ1) is 49.9. The first-order chi connectivity index (χ1) is 33.2. The maximum Gasteiger partial charge on any atom is 0.350 e. The van der Waals surface area contributed by atoms with Crippen LogP contribution in [0.2, 0.25) is 0 Å². The van der Waals surface area contributed by atoms with Crippen LogP contribution in [0.4, 0.5) is 44.4 Å². The molecular formula is C45H50N12O8S4. The van der Waals surface area contributed by atoms with Crippen LogP contribution in [0.15, 0.2) is 82.2 Å². The van der Waals surface area contributed by atoms with E-state index in [1.807, 2.05) is 48.5 Å². The van der Waals surface area contributed by atoms with Gasteiger partial charge in [-0.15, -0.1) is 45.3 Å². The molecule has 362 valence electrons. The molecular weight excluding hydrogens is 965 g/mol. The first-order valence-electron chi connectivity index (χ1n) is 21.4. The number of carboxylic acid groups (broad SMARTS) is 1. The topological polar surface area (TPSA) is 288 Å². The van der Waals surface area contributed by atoms with Crippen molar-refractivity contribution in [3.63, 3.8) is 0 Å². The largest absolute Gasteiger partial charge is 0.477 e. The molecule has 6 aromatic rings. The van der Waals surface area contributed by atoms with Gasteiger partial charge in [-0.2, -0.15) is 0 Å². The van der Waals surface area contributed by atoms with Crippen LogP contribution in [-0.4, -0.2) is 109 Å². The number of piperidine rings is 2. The molecule has 4 amide bonds. The van der Waals surface area contributed by atoms with Crippen LogP contribution in [0.3, 0.4) is 0 Å². The average molecular weight is 1020 g/mol. The van der Waals surface area contributed by atoms with Gasteiger partial charge in [-0.05, 0) is 86.9 Å². The van der Waals surface area contributed by atoms with Gasteiger partial charge in [-0.1, -0.05) is 24.3 Å². The highest BCUT2D eigenvalue weighted by Gasteiger charge is 2.40. The van der Waals surface area contributed by atoms with Gasteiger partial charge in [-0.25, -0.2) is 19.6 Å². The monoisotopic (exact) mass is 1010 g/mol. The summed E-state index contributed by atoms with van der Waals surface area (Å²) in [5, 5.41) is 34.9. The zero-order valence-electron chi connectivity index (χ0n) is 37.6. The summed E-state index contributed by atoms with van der Waals surface area (Å²) in [6, 6.07) is 18.4. The Kier molecular flexibility index (Phi) is 15.9. The zero-order chi connectivity index (χ0) is 49.3. The molecule has 0 spiro atoms. The Bertz CT molecular complexity index is 2830. The fraction of sp³-hybridized carbons (Fsp3) is 0.289. The van der Waals surface area contributed by atoms with Crippen molar-refractivity contribution in [2.24, 2.45) is 11.5 Å². The number of hydrogen-bond acceptors (Lipinski definition) is 19. The van der Waals surface area contributed by atoms with Gasteiger partial charge in [0.2, 0.25) is 11.8 Å². The lowest BCUT2D eigenvalue weighted by Gasteiger charge is -2.41. The molecule has 69 heavy (non-hydrogen) atoms. The number of thiazole rings is 2. The van der Waals surface area contributed by atoms with E-state index in [0.29, 0.717) is 89.8 Å². The number of anilines is 8. The predicted octanol–water partition coefficient (Wildman–Crippen LogP) is 5.97. The van der Waals surface area contributed by atoms with E-state index in [1.54, 1.807) is 47.7 Å². The van der Waals surface area contributed by atoms with Gasteiger partial charge >= 0.3 is 11.9 Å². The summed E-state index contributed by atoms with van der Waals surface area (Å²) in [5.74, 6) is -2.89. The highest BCUT2D eigenvalue weighted by atomic mass is 32.1. The SMILES string of the molecule is CNC1(C(N)=O)CCN(c2ccccc2NC(=O)c2csc(Nc3ccsc3C(=O)O)n2)CC1.CNC1(C(N)=O)CCN(c2ccccc2NC(=O)c2csc(Nc3ccsc3C(=O)OC)n2)CC1. The van der Waals surface area contributed by atoms with Gasteiger partial charge in [0.25, 0.3) is 11.8 Å². The molecule has 0 unspecified atom stereocenters. The molecule has 2 aliphatic heterocycles. The Morgan fingerprint density at radius 3 is 1.41 bits per heavy atom. The number of hydrogen-bond donors (Lipinski definition) is 9. The lowest BCUT2D eigenvalue weighted by atomic mass is 9.86. The number of para-hydroxylation sites is 4. The number of nitrogens with zero attached hydrogens (tertiary/aromatic N) is 4. The normalized spacial score (nSPS) is 14.9. The number of carbonyl (C=O) groups excluding carboxylic acids is 5. The van der Waals surface area contributed by atoms with Crippen LogP contribution in [0.25, 0.3) is 0 Å². The number of esters is 1. The van der Waals surface area contributed by atoms with E-state index in [9.17, 15) is 33.9 Å². The zero-order valence-corrected chi connectivity index (χ0v) is 40.9. The van der Waals surface area contributed by atoms with Crippen LogP contribution in [0.1, 0.15) is 66.0 Å². The summed E-state index contributed by atoms with van der Waals surface area (Å²) in [4.78, 5) is 86.5. The molecule has 6 heterocycles. The number of primary amides is 2. The van der Waals surface area contributed by atoms with E-state index in [4.69, 9.17) is 16.2 Å². The summed E-state index contributed by atoms with van der Waals surface area (Å²) in [6.45, 7) is 2.44. The standard InChI is InChI=1S/C23H26N6O4S2.C22H24N6O4S2/c1-25-23(21(24)32)8-10-29(11-9-23)17-6-4-3-5-14(17)26-19(30)16-13-35-22(28-16)27-15-7-12-34-18(15)20(31)33-2;1-24-22(20(23)32)7-9-28(10-8-22)16-5-3-2-4-13(16)25-18(29)15-12-34-21(27-15)26-14-6-11-33-17(14)19(30)31/h3-7,12-13,25H,8-11H2,1-2H3,(H2,24,32)(H,26,30)(H,27,28);2-6,11-12,24H,7-10H2,1H3,(H2,23,32)(H,25,29)(H,26,27)(H,30,31). The Balaban J connectivity index is 0.000000204. The molecule has 0 atom stereocenters. The summed E-state index contributed by atoms with van der Waals surface area (Å²) in [5.41, 5.74) is 14.3. The van der Waals surface area contributed by atoms with Crippen molar-refractivity contribution in [3.05, 3.63) is 103 Å². The third-order valence-electron chi connectivity index (χ3n) is 12.0. The minimum absolute atomic E-state index is 0.176. The number of amides is 4. The minimum atomic E-state index is -1.02. The predicted molar refractivity (Wildman–Crippen MR) is 271 cm³/mol. The number of carboxylic acids is 1. The van der Waals surface area contributed by atoms with Gasteiger partial charge in [-0.3, -0.25) is 19.2 Å². The molecule has 2 saturated heterocycles. The van der Waals surface area contributed by atoms with Crippen LogP contribution in [0, 0.1) is 0 Å². The van der Waals surface area contributed by atoms with Crippen molar-refractivity contribution in [1.29, 1.82) is 0 Å². The molecule has 24 heteroatoms. The highest BCUT2D eigenvalue weighted by molar-refractivity contribution is 7.15. The molecule has 2 aliphatic rings. The van der Waals surface area contributed by atoms with Gasteiger partial charge in [0.15, 0.2) is 10.3 Å². The number of benzene rings is 2. The lowest BCUT2D eigenvalue weighted by molar-refractivity contribution is -0.125. The number of carbonyl (C=O) groups is 6. The first-order valence-corrected chi connectivity index (χ1v) is 24.9. The summed E-state index contributed by atoms with van der Waals surface area (Å²) < 4.78 is 4.79. The molecule has 2 fully saturated rings. The molecule has 2 aromatic carbocycles. The Morgan fingerprint density at radius 2 is 1.01 bits per heavy atom. The Labute approximate surface area is 412 Å². The number of ether oxygens (including phenoxy) is 1. The number of nitrogens with two attached hydrogens (primary N) is 2. The molecule has 4 aromatic heterocycles. The van der Waals surface area contributed by atoms with Crippen LogP contribution in [0.5, 0.6) is 0 Å². The molecule has 0 saturated carbocycles. The van der Waals surface area contributed by atoms with E-state index in [2.05, 4.69) is 51.7 Å². The lowest BCUT2D eigenvalue weighted by Crippen LogP contribution is -2.59. The minimum Gasteiger partial charge on any atom is -0.477 e. The summed E-state index contributed by atoms with van der Waals surface area (Å²) in [6.07, 6.45) is 2.25. The number of aromatic carboxylic acids is 1. The third-order valence-corrected chi connectivity index (χ3v) is 15.3. The summed E-state index contributed by atoms with van der Waals surface area (Å²) in [7, 11) is 4.82. The third kappa shape index (κ3) is 11.3. The van der Waals surface area contributed by atoms with Gasteiger partial charge in [0.1, 0.15) is 32.2 Å². The van der Waals surface area contributed by atoms with E-state index < -0.39 is 23.0 Å². The summed E-state index contributed by atoms with van der Waals surface area (Å²) >= 11 is 4.84. The van der Waals surface area contributed by atoms with Crippen molar-refractivity contribution in [1.82, 2.24) is 20.6 Å². The molecule has 20 nitrogen and oxygen atoms in total. The average Bonchev–Trinajstić information content (AvgIpc) is 4.21. The Hall–Kier alpha value is -6.96. The number of thiophene rings is 2. The van der Waals surface area contributed by atoms with Crippen molar-refractivity contribution >= 4 is 125 Å². The quantitative estimate of drug-likeness (QED) is 0.0505. The van der Waals surface area contributed by atoms with Gasteiger partial charge < -0.3 is 63.0 Å². The number of nitrogens with one attached hydrogen (secondary N) is 6. The molecule has 8 rings (SSSR count). The van der Waals surface area contributed by atoms with E-state index in [1.165, 1.54) is 41.1 Å². The van der Waals surface area contributed by atoms with E-state index in [-0.39, 0.29) is 39.9 Å². The second kappa shape index (κ2) is 22.0. The van der Waals surface area contributed by atoms with Crippen molar-refractivity contribution < 1.29 is 38.6 Å². The second-order valence-electron chi connectivity index (χ2n) is 15.8. The van der Waals surface area contributed by atoms with Crippen LogP contribution < -0.4 is 53.2 Å². The maximum absolute atomic E-state index is 13.0. The second-order valence-corrected chi connectivity index (χ2v) is 19.3. The molecule has 0 radical (unpaired) electrons. The number of aromatic nitrogens is 2. The van der Waals surface area contributed by atoms with Crippen LogP contribution in [-0.2, 0) is 14.3 Å². The maximum atomic E-state index is 13.0.